The summed E-state index contributed by atoms with van der Waals surface area (Å²) >= 11 is 3.20. The van der Waals surface area contributed by atoms with Crippen LogP contribution in [-0.2, 0) is 6.54 Å². The maximum absolute atomic E-state index is 12.5. The van der Waals surface area contributed by atoms with E-state index in [0.29, 0.717) is 18.8 Å². The first-order chi connectivity index (χ1) is 16.0. The van der Waals surface area contributed by atoms with Crippen molar-refractivity contribution < 1.29 is 29.0 Å². The number of alkyl halides is 1. The second-order valence-corrected chi connectivity index (χ2v) is 9.61. The molecular formula is C24H26FN2O4S2+. The maximum atomic E-state index is 12.5. The Morgan fingerprint density at radius 2 is 2.03 bits per heavy atom. The van der Waals surface area contributed by atoms with Gasteiger partial charge in [0.1, 0.15) is 36.1 Å². The lowest BCUT2D eigenvalue weighted by Gasteiger charge is -2.19. The van der Waals surface area contributed by atoms with Gasteiger partial charge in [-0.1, -0.05) is 23.1 Å². The predicted octanol–water partition coefficient (Wildman–Crippen LogP) is 4.08. The smallest absolute Gasteiger partial charge is 0.263 e. The molecule has 0 bridgehead atoms. The van der Waals surface area contributed by atoms with E-state index < -0.39 is 6.67 Å². The van der Waals surface area contributed by atoms with Crippen molar-refractivity contribution >= 4 is 45.1 Å². The largest absolute Gasteiger partial charge is 0.508 e. The zero-order chi connectivity index (χ0) is 23.4. The normalized spacial score (nSPS) is 15.0. The van der Waals surface area contributed by atoms with E-state index in [1.165, 1.54) is 0 Å². The number of halogens is 1. The minimum Gasteiger partial charge on any atom is -0.508 e. The number of phenolic OH excluding ortho intramolecular Hbond substituents is 1. The summed E-state index contributed by atoms with van der Waals surface area (Å²) in [7, 11) is 0. The fourth-order valence-electron chi connectivity index (χ4n) is 3.72. The highest BCUT2D eigenvalue weighted by atomic mass is 32.2. The summed E-state index contributed by atoms with van der Waals surface area (Å²) in [5.41, 5.74) is 2.81. The summed E-state index contributed by atoms with van der Waals surface area (Å²) in [6.45, 7) is 2.32. The Kier molecular flexibility index (Phi) is 7.54. The van der Waals surface area contributed by atoms with Gasteiger partial charge in [-0.15, -0.1) is 0 Å². The van der Waals surface area contributed by atoms with Crippen molar-refractivity contribution in [2.24, 2.45) is 0 Å². The first-order valence-corrected chi connectivity index (χ1v) is 12.2. The van der Waals surface area contributed by atoms with Crippen LogP contribution in [0.1, 0.15) is 11.9 Å². The van der Waals surface area contributed by atoms with Gasteiger partial charge in [0, 0.05) is 23.6 Å². The molecule has 0 atom stereocenters. The number of benzene rings is 2. The van der Waals surface area contributed by atoms with Crippen LogP contribution in [0.25, 0.3) is 16.3 Å². The molecule has 0 spiro atoms. The molecule has 2 aromatic carbocycles. The van der Waals surface area contributed by atoms with Crippen LogP contribution in [0.4, 0.5) is 10.1 Å². The van der Waals surface area contributed by atoms with Crippen LogP contribution >= 0.6 is 23.1 Å². The minimum atomic E-state index is -0.547. The Morgan fingerprint density at radius 1 is 1.18 bits per heavy atom. The fraction of sp³-hybridized carbons (Fsp3) is 0.292. The number of fused-ring (bicyclic) bond motifs is 2. The number of thiazole rings is 1. The van der Waals surface area contributed by atoms with E-state index in [2.05, 4.69) is 12.2 Å². The number of rotatable bonds is 9. The van der Waals surface area contributed by atoms with Gasteiger partial charge in [-0.05, 0) is 42.8 Å². The Hall–Kier alpha value is -2.59. The number of phenols is 1. The van der Waals surface area contributed by atoms with Gasteiger partial charge in [-0.3, -0.25) is 0 Å². The zero-order valence-electron chi connectivity index (χ0n) is 18.2. The lowest BCUT2D eigenvalue weighted by atomic mass is 10.2. The number of anilines is 1. The van der Waals surface area contributed by atoms with Crippen molar-refractivity contribution in [1.82, 2.24) is 0 Å². The second kappa shape index (κ2) is 10.6. The first kappa shape index (κ1) is 23.6. The summed E-state index contributed by atoms with van der Waals surface area (Å²) in [5, 5.41) is 31.0. The summed E-state index contributed by atoms with van der Waals surface area (Å²) in [4.78, 5) is 3.02. The van der Waals surface area contributed by atoms with E-state index in [1.807, 2.05) is 40.7 Å². The number of thioether (sulfide) groups is 1. The van der Waals surface area contributed by atoms with E-state index in [0.717, 1.165) is 36.4 Å². The lowest BCUT2D eigenvalue weighted by Crippen LogP contribution is -2.36. The first-order valence-electron chi connectivity index (χ1n) is 10.6. The second-order valence-electron chi connectivity index (χ2n) is 7.48. The molecule has 0 saturated carbocycles. The number of aromatic hydroxyl groups is 1. The van der Waals surface area contributed by atoms with Gasteiger partial charge < -0.3 is 25.0 Å². The molecule has 2 heterocycles. The number of aromatic nitrogens is 1. The van der Waals surface area contributed by atoms with Gasteiger partial charge in [0.2, 0.25) is 5.52 Å². The molecule has 0 aliphatic carbocycles. The molecule has 3 aromatic rings. The molecule has 9 heteroatoms. The average molecular weight is 490 g/mol. The number of allylic oxidation sites excluding steroid dienone is 2. The van der Waals surface area contributed by atoms with Crippen LogP contribution in [0.2, 0.25) is 0 Å². The van der Waals surface area contributed by atoms with Crippen LogP contribution in [-0.4, -0.2) is 48.4 Å². The molecule has 1 aromatic heterocycles. The van der Waals surface area contributed by atoms with Crippen molar-refractivity contribution in [3.8, 4) is 11.5 Å². The number of hydrogen-bond donors (Lipinski definition) is 3. The highest BCUT2D eigenvalue weighted by Gasteiger charge is 2.25. The van der Waals surface area contributed by atoms with Crippen molar-refractivity contribution in [1.29, 1.82) is 0 Å². The Morgan fingerprint density at radius 3 is 2.79 bits per heavy atom. The van der Waals surface area contributed by atoms with E-state index >= 15 is 0 Å². The monoisotopic (exact) mass is 489 g/mol. The Labute approximate surface area is 199 Å². The number of aliphatic hydroxyl groups is 2. The summed E-state index contributed by atoms with van der Waals surface area (Å²) < 4.78 is 21.0. The van der Waals surface area contributed by atoms with Crippen LogP contribution in [0, 0.1) is 0 Å². The fourth-order valence-corrected chi connectivity index (χ4v) is 6.08. The zero-order valence-corrected chi connectivity index (χ0v) is 19.8. The third-order valence-corrected chi connectivity index (χ3v) is 7.34. The summed E-state index contributed by atoms with van der Waals surface area (Å²) in [5.74, 6) is 0.790. The molecule has 0 amide bonds. The van der Waals surface area contributed by atoms with Crippen LogP contribution in [0.5, 0.6) is 11.5 Å². The lowest BCUT2D eigenvalue weighted by molar-refractivity contribution is -0.670. The molecule has 0 unspecified atom stereocenters. The molecular weight excluding hydrogens is 463 g/mol. The number of ether oxygens (including phenoxy) is 1. The highest BCUT2D eigenvalue weighted by molar-refractivity contribution is 8.03. The van der Waals surface area contributed by atoms with E-state index in [1.54, 1.807) is 35.2 Å². The van der Waals surface area contributed by atoms with Gasteiger partial charge >= 0.3 is 0 Å². The van der Waals surface area contributed by atoms with Gasteiger partial charge in [-0.2, -0.15) is 4.57 Å². The third-order valence-electron chi connectivity index (χ3n) is 5.11. The minimum absolute atomic E-state index is 0.00458. The predicted molar refractivity (Wildman–Crippen MR) is 131 cm³/mol. The maximum Gasteiger partial charge on any atom is 0.263 e. The van der Waals surface area contributed by atoms with Crippen LogP contribution in [0.3, 0.4) is 0 Å². The molecule has 1 aliphatic rings. The molecule has 174 valence electrons. The van der Waals surface area contributed by atoms with Gasteiger partial charge in [-0.25, -0.2) is 4.39 Å². The summed E-state index contributed by atoms with van der Waals surface area (Å²) in [6.07, 6.45) is 4.12. The molecule has 4 rings (SSSR count). The Bertz CT molecular complexity index is 1210. The van der Waals surface area contributed by atoms with E-state index in [-0.39, 0.29) is 25.6 Å². The number of nitrogens with zero attached hydrogens (tertiary/aromatic N) is 2. The molecule has 1 aliphatic heterocycles. The van der Waals surface area contributed by atoms with Gasteiger partial charge in [0.25, 0.3) is 5.01 Å². The highest BCUT2D eigenvalue weighted by Crippen LogP contribution is 2.47. The van der Waals surface area contributed by atoms with Crippen molar-refractivity contribution in [3.63, 3.8) is 0 Å². The van der Waals surface area contributed by atoms with E-state index in [9.17, 15) is 19.7 Å². The van der Waals surface area contributed by atoms with Crippen molar-refractivity contribution in [2.75, 3.05) is 37.9 Å². The third kappa shape index (κ3) is 5.16. The standard InChI is InChI=1S/C24H25FN2O4S2/c1-16(12-23-26(7-9-28)19-14-17(30)2-4-21(19)32-23)13-24-27(8-10-29)20-15-18(31-11-6-25)3-5-22(20)33-24/h2-5,12-15,28-29H,6-11H2,1H3/p+1. The molecule has 0 saturated heterocycles. The molecule has 33 heavy (non-hydrogen) atoms. The van der Waals surface area contributed by atoms with Crippen molar-refractivity contribution in [3.05, 3.63) is 58.1 Å². The van der Waals surface area contributed by atoms with Gasteiger partial charge in [0.05, 0.1) is 23.4 Å². The number of hydrogen-bond acceptors (Lipinski definition) is 7. The molecule has 0 fully saturated rings. The Balaban J connectivity index is 1.68. The van der Waals surface area contributed by atoms with Crippen LogP contribution in [0.15, 0.2) is 58.0 Å². The summed E-state index contributed by atoms with van der Waals surface area (Å²) in [6, 6.07) is 10.9. The number of aliphatic hydroxyl groups excluding tert-OH is 2. The van der Waals surface area contributed by atoms with Crippen molar-refractivity contribution in [2.45, 2.75) is 18.4 Å². The van der Waals surface area contributed by atoms with Crippen LogP contribution < -0.4 is 14.2 Å². The topological polar surface area (TPSA) is 77.0 Å². The molecule has 0 radical (unpaired) electrons. The number of β-amino-alcohol motifs (C(OH)–C–C–N with tert-alkyl or cyclic N) is 1. The van der Waals surface area contributed by atoms with Gasteiger partial charge in [0.15, 0.2) is 6.54 Å². The molecule has 6 nitrogen and oxygen atoms in total. The average Bonchev–Trinajstić information content (AvgIpc) is 3.30. The molecule has 3 N–H and O–H groups in total. The van der Waals surface area contributed by atoms with E-state index in [4.69, 9.17) is 4.74 Å². The quantitative estimate of drug-likeness (QED) is 0.393. The SMILES string of the molecule is CC(/C=C1\Sc2ccc(O)cc2N1CCO)=C\c1sc2ccc(OCCF)cc2[n+]1CCO.